The predicted octanol–water partition coefficient (Wildman–Crippen LogP) is 3.52. The summed E-state index contributed by atoms with van der Waals surface area (Å²) in [5.74, 6) is 1.20. The molecule has 1 aromatic heterocycles. The number of pyridine rings is 1. The third-order valence-corrected chi connectivity index (χ3v) is 2.67. The highest BCUT2D eigenvalue weighted by molar-refractivity contribution is 5.99. The number of hydrogen-bond acceptors (Lipinski definition) is 4. The minimum absolute atomic E-state index is 0.0782. The van der Waals surface area contributed by atoms with Crippen LogP contribution >= 0.6 is 0 Å². The van der Waals surface area contributed by atoms with Crippen LogP contribution in [0.2, 0.25) is 0 Å². The van der Waals surface area contributed by atoms with Crippen molar-refractivity contribution in [2.24, 2.45) is 0 Å². The fourth-order valence-corrected chi connectivity index (χ4v) is 1.79. The molecule has 1 aromatic carbocycles. The van der Waals surface area contributed by atoms with Crippen molar-refractivity contribution in [3.05, 3.63) is 42.6 Å². The Hall–Kier alpha value is -2.76. The lowest BCUT2D eigenvalue weighted by Gasteiger charge is -2.12. The lowest BCUT2D eigenvalue weighted by atomic mass is 10.3. The number of carbonyl (C=O) groups is 1. The number of amides is 2. The Morgan fingerprint density at radius 2 is 1.91 bits per heavy atom. The number of benzene rings is 1. The van der Waals surface area contributed by atoms with Crippen LogP contribution < -0.4 is 20.1 Å². The zero-order chi connectivity index (χ0) is 15.9. The van der Waals surface area contributed by atoms with E-state index in [1.165, 1.54) is 13.3 Å². The fraction of sp³-hybridized carbons (Fsp3) is 0.250. The Kier molecular flexibility index (Phi) is 5.19. The summed E-state index contributed by atoms with van der Waals surface area (Å²) in [6.07, 6.45) is 1.60. The molecule has 0 aliphatic rings. The maximum absolute atomic E-state index is 11.9. The van der Waals surface area contributed by atoms with Gasteiger partial charge in [0.1, 0.15) is 5.75 Å². The predicted molar refractivity (Wildman–Crippen MR) is 85.6 cm³/mol. The summed E-state index contributed by atoms with van der Waals surface area (Å²) in [6, 6.07) is 10.3. The number of anilines is 2. The SMILES string of the molecule is COc1ccc(NC(=O)Nc2cccc(OC(C)C)c2)cn1. The highest BCUT2D eigenvalue weighted by Crippen LogP contribution is 2.19. The average molecular weight is 301 g/mol. The first-order valence-electron chi connectivity index (χ1n) is 6.91. The summed E-state index contributed by atoms with van der Waals surface area (Å²) >= 11 is 0. The molecule has 0 radical (unpaired) electrons. The molecule has 0 spiro atoms. The van der Waals surface area contributed by atoms with Crippen molar-refractivity contribution in [2.75, 3.05) is 17.7 Å². The third-order valence-electron chi connectivity index (χ3n) is 2.67. The lowest BCUT2D eigenvalue weighted by molar-refractivity contribution is 0.242. The van der Waals surface area contributed by atoms with Crippen LogP contribution in [0.1, 0.15) is 13.8 Å². The first-order valence-corrected chi connectivity index (χ1v) is 6.91. The summed E-state index contributed by atoms with van der Waals surface area (Å²) in [6.45, 7) is 3.90. The molecule has 2 rings (SSSR count). The molecule has 0 unspecified atom stereocenters. The Bertz CT molecular complexity index is 627. The molecule has 2 N–H and O–H groups in total. The van der Waals surface area contributed by atoms with Crippen LogP contribution in [0.3, 0.4) is 0 Å². The van der Waals surface area contributed by atoms with Crippen LogP contribution in [-0.4, -0.2) is 24.2 Å². The molecule has 0 aliphatic carbocycles. The molecule has 2 aromatic rings. The second-order valence-electron chi connectivity index (χ2n) is 4.86. The van der Waals surface area contributed by atoms with E-state index >= 15 is 0 Å². The molecule has 116 valence electrons. The van der Waals surface area contributed by atoms with Gasteiger partial charge in [0, 0.05) is 17.8 Å². The van der Waals surface area contributed by atoms with Crippen molar-refractivity contribution in [1.82, 2.24) is 4.98 Å². The molecule has 0 saturated carbocycles. The van der Waals surface area contributed by atoms with E-state index in [-0.39, 0.29) is 12.1 Å². The van der Waals surface area contributed by atoms with Crippen molar-refractivity contribution < 1.29 is 14.3 Å². The van der Waals surface area contributed by atoms with E-state index in [1.807, 2.05) is 26.0 Å². The number of nitrogens with one attached hydrogen (secondary N) is 2. The summed E-state index contributed by atoms with van der Waals surface area (Å²) in [5.41, 5.74) is 1.23. The van der Waals surface area contributed by atoms with Gasteiger partial charge in [-0.2, -0.15) is 0 Å². The molecule has 0 aliphatic heterocycles. The Labute approximate surface area is 129 Å². The number of ether oxygens (including phenoxy) is 2. The molecule has 22 heavy (non-hydrogen) atoms. The quantitative estimate of drug-likeness (QED) is 0.886. The van der Waals surface area contributed by atoms with Crippen molar-refractivity contribution in [3.8, 4) is 11.6 Å². The first kappa shape index (κ1) is 15.6. The number of aromatic nitrogens is 1. The molecule has 6 nitrogen and oxygen atoms in total. The van der Waals surface area contributed by atoms with Crippen LogP contribution in [0.4, 0.5) is 16.2 Å². The van der Waals surface area contributed by atoms with Gasteiger partial charge in [-0.1, -0.05) is 6.07 Å². The Balaban J connectivity index is 1.96. The number of nitrogens with zero attached hydrogens (tertiary/aromatic N) is 1. The summed E-state index contributed by atoms with van der Waals surface area (Å²) in [4.78, 5) is 16.0. The van der Waals surface area contributed by atoms with Gasteiger partial charge >= 0.3 is 6.03 Å². The topological polar surface area (TPSA) is 72.5 Å². The maximum Gasteiger partial charge on any atom is 0.323 e. The van der Waals surface area contributed by atoms with Gasteiger partial charge in [0.15, 0.2) is 0 Å². The minimum atomic E-state index is -0.353. The molecule has 0 fully saturated rings. The van der Waals surface area contributed by atoms with E-state index in [4.69, 9.17) is 9.47 Å². The normalized spacial score (nSPS) is 10.2. The van der Waals surface area contributed by atoms with Crippen LogP contribution in [0.25, 0.3) is 0 Å². The molecule has 6 heteroatoms. The van der Waals surface area contributed by atoms with Gasteiger partial charge in [-0.25, -0.2) is 9.78 Å². The Morgan fingerprint density at radius 3 is 2.55 bits per heavy atom. The van der Waals surface area contributed by atoms with E-state index in [2.05, 4.69) is 15.6 Å². The van der Waals surface area contributed by atoms with E-state index in [1.54, 1.807) is 24.3 Å². The number of urea groups is 1. The zero-order valence-electron chi connectivity index (χ0n) is 12.8. The van der Waals surface area contributed by atoms with Crippen LogP contribution in [0.15, 0.2) is 42.6 Å². The highest BCUT2D eigenvalue weighted by atomic mass is 16.5. The van der Waals surface area contributed by atoms with Crippen LogP contribution in [-0.2, 0) is 0 Å². The summed E-state index contributed by atoms with van der Waals surface area (Å²) in [7, 11) is 1.54. The summed E-state index contributed by atoms with van der Waals surface area (Å²) < 4.78 is 10.5. The van der Waals surface area contributed by atoms with Crippen molar-refractivity contribution >= 4 is 17.4 Å². The molecular weight excluding hydrogens is 282 g/mol. The average Bonchev–Trinajstić information content (AvgIpc) is 2.47. The van der Waals surface area contributed by atoms with Gasteiger partial charge in [-0.05, 0) is 32.0 Å². The molecule has 0 bridgehead atoms. The number of carbonyl (C=O) groups excluding carboxylic acids is 1. The van der Waals surface area contributed by atoms with E-state index in [0.29, 0.717) is 23.0 Å². The van der Waals surface area contributed by atoms with E-state index < -0.39 is 0 Å². The van der Waals surface area contributed by atoms with Crippen LogP contribution in [0.5, 0.6) is 11.6 Å². The van der Waals surface area contributed by atoms with Gasteiger partial charge in [-0.15, -0.1) is 0 Å². The molecule has 0 atom stereocenters. The third kappa shape index (κ3) is 4.66. The van der Waals surface area contributed by atoms with E-state index in [9.17, 15) is 4.79 Å². The standard InChI is InChI=1S/C16H19N3O3/c1-11(2)22-14-6-4-5-12(9-14)18-16(20)19-13-7-8-15(21-3)17-10-13/h4-11H,1-3H3,(H2,18,19,20). The van der Waals surface area contributed by atoms with E-state index in [0.717, 1.165) is 0 Å². The lowest BCUT2D eigenvalue weighted by Crippen LogP contribution is -2.19. The largest absolute Gasteiger partial charge is 0.491 e. The monoisotopic (exact) mass is 301 g/mol. The van der Waals surface area contributed by atoms with Crippen molar-refractivity contribution in [1.29, 1.82) is 0 Å². The van der Waals surface area contributed by atoms with Gasteiger partial charge in [0.25, 0.3) is 0 Å². The first-order chi connectivity index (χ1) is 10.6. The smallest absolute Gasteiger partial charge is 0.323 e. The van der Waals surface area contributed by atoms with Gasteiger partial charge in [-0.3, -0.25) is 0 Å². The number of hydrogen-bond donors (Lipinski definition) is 2. The van der Waals surface area contributed by atoms with Crippen LogP contribution in [0, 0.1) is 0 Å². The van der Waals surface area contributed by atoms with Gasteiger partial charge < -0.3 is 20.1 Å². The van der Waals surface area contributed by atoms with Crippen molar-refractivity contribution in [2.45, 2.75) is 20.0 Å². The van der Waals surface area contributed by atoms with Gasteiger partial charge in [0.2, 0.25) is 5.88 Å². The molecule has 0 saturated heterocycles. The fourth-order valence-electron chi connectivity index (χ4n) is 1.79. The van der Waals surface area contributed by atoms with Crippen molar-refractivity contribution in [3.63, 3.8) is 0 Å². The molecule has 1 heterocycles. The molecule has 2 amide bonds. The Morgan fingerprint density at radius 1 is 1.14 bits per heavy atom. The second kappa shape index (κ2) is 7.31. The second-order valence-corrected chi connectivity index (χ2v) is 4.86. The number of rotatable bonds is 5. The highest BCUT2D eigenvalue weighted by Gasteiger charge is 2.05. The molecular formula is C16H19N3O3. The zero-order valence-corrected chi connectivity index (χ0v) is 12.8. The van der Waals surface area contributed by atoms with Gasteiger partial charge in [0.05, 0.1) is 25.1 Å². The minimum Gasteiger partial charge on any atom is -0.491 e. The summed E-state index contributed by atoms with van der Waals surface area (Å²) in [5, 5.41) is 5.44. The maximum atomic E-state index is 11.9. The number of methoxy groups -OCH3 is 1.